The number of ketones is 1. The van der Waals surface area contributed by atoms with Gasteiger partial charge in [-0.1, -0.05) is 23.7 Å². The summed E-state index contributed by atoms with van der Waals surface area (Å²) in [4.78, 5) is 38.6. The van der Waals surface area contributed by atoms with Gasteiger partial charge in [-0.25, -0.2) is 0 Å². The molecule has 1 unspecified atom stereocenters. The molecule has 166 valence electrons. The number of nitro benzene ring substituents is 1. The van der Waals surface area contributed by atoms with E-state index >= 15 is 0 Å². The van der Waals surface area contributed by atoms with E-state index in [1.807, 2.05) is 6.07 Å². The van der Waals surface area contributed by atoms with Crippen molar-refractivity contribution in [3.8, 4) is 11.5 Å². The lowest BCUT2D eigenvalue weighted by Gasteiger charge is -2.38. The van der Waals surface area contributed by atoms with Gasteiger partial charge in [-0.05, 0) is 25.0 Å². The van der Waals surface area contributed by atoms with Crippen molar-refractivity contribution in [1.29, 1.82) is 0 Å². The van der Waals surface area contributed by atoms with Gasteiger partial charge >= 0.3 is 0 Å². The number of anilines is 1. The molecular formula is C23H21ClN2O6. The van der Waals surface area contributed by atoms with E-state index < -0.39 is 10.8 Å². The van der Waals surface area contributed by atoms with Gasteiger partial charge in [0.2, 0.25) is 5.91 Å². The second kappa shape index (κ2) is 8.63. The highest BCUT2D eigenvalue weighted by molar-refractivity contribution is 6.34. The zero-order chi connectivity index (χ0) is 23.0. The summed E-state index contributed by atoms with van der Waals surface area (Å²) < 4.78 is 11.0. The Balaban J connectivity index is 1.92. The number of carbonyl (C=O) groups excluding carboxylic acids is 2. The number of benzene rings is 2. The summed E-state index contributed by atoms with van der Waals surface area (Å²) in [6.07, 6.45) is 1.42. The second-order valence-electron chi connectivity index (χ2n) is 7.60. The van der Waals surface area contributed by atoms with Gasteiger partial charge in [-0.3, -0.25) is 24.6 Å². The van der Waals surface area contributed by atoms with Crippen LogP contribution in [0, 0.1) is 10.1 Å². The van der Waals surface area contributed by atoms with Gasteiger partial charge in [0.05, 0.1) is 29.9 Å². The number of para-hydroxylation sites is 1. The molecule has 2 aromatic rings. The average Bonchev–Trinajstić information content (AvgIpc) is 2.78. The molecule has 0 aromatic heterocycles. The van der Waals surface area contributed by atoms with Crippen LogP contribution in [0.2, 0.25) is 5.02 Å². The number of carbonyl (C=O) groups is 2. The Morgan fingerprint density at radius 3 is 2.59 bits per heavy atom. The van der Waals surface area contributed by atoms with Crippen LogP contribution in [0.1, 0.15) is 37.2 Å². The number of hydrogen-bond acceptors (Lipinski definition) is 6. The lowest BCUT2D eigenvalue weighted by molar-refractivity contribution is -0.384. The summed E-state index contributed by atoms with van der Waals surface area (Å²) in [5, 5.41) is 11.5. The summed E-state index contributed by atoms with van der Waals surface area (Å²) in [7, 11) is 3.04. The second-order valence-corrected chi connectivity index (χ2v) is 8.01. The minimum absolute atomic E-state index is 0.00682. The van der Waals surface area contributed by atoms with E-state index in [1.54, 1.807) is 12.1 Å². The van der Waals surface area contributed by atoms with Crippen molar-refractivity contribution in [3.63, 3.8) is 0 Å². The molecule has 1 heterocycles. The third kappa shape index (κ3) is 3.60. The molecule has 0 bridgehead atoms. The van der Waals surface area contributed by atoms with Crippen molar-refractivity contribution in [3.05, 3.63) is 68.4 Å². The van der Waals surface area contributed by atoms with Crippen molar-refractivity contribution in [2.75, 3.05) is 19.1 Å². The largest absolute Gasteiger partial charge is 0.493 e. The van der Waals surface area contributed by atoms with Crippen molar-refractivity contribution in [2.45, 2.75) is 31.6 Å². The Morgan fingerprint density at radius 1 is 1.12 bits per heavy atom. The summed E-state index contributed by atoms with van der Waals surface area (Å²) in [5.41, 5.74) is 1.77. The third-order valence-electron chi connectivity index (χ3n) is 5.87. The number of nitrogens with zero attached hydrogens (tertiary/aromatic N) is 2. The minimum Gasteiger partial charge on any atom is -0.493 e. The van der Waals surface area contributed by atoms with Crippen molar-refractivity contribution < 1.29 is 24.0 Å². The van der Waals surface area contributed by atoms with Gasteiger partial charge in [0.1, 0.15) is 0 Å². The molecule has 0 fully saturated rings. The molecule has 0 saturated heterocycles. The fourth-order valence-electron chi connectivity index (χ4n) is 4.51. The van der Waals surface area contributed by atoms with Crippen molar-refractivity contribution in [1.82, 2.24) is 0 Å². The van der Waals surface area contributed by atoms with Crippen molar-refractivity contribution >= 4 is 34.7 Å². The normalized spacial score (nSPS) is 18.5. The summed E-state index contributed by atoms with van der Waals surface area (Å²) in [6.45, 7) is 0. The smallest absolute Gasteiger partial charge is 0.271 e. The quantitative estimate of drug-likeness (QED) is 0.473. The van der Waals surface area contributed by atoms with Gasteiger partial charge in [-0.2, -0.15) is 0 Å². The predicted octanol–water partition coefficient (Wildman–Crippen LogP) is 4.79. The van der Waals surface area contributed by atoms with E-state index in [0.29, 0.717) is 47.6 Å². The van der Waals surface area contributed by atoms with Crippen LogP contribution in [0.4, 0.5) is 11.4 Å². The Kier molecular flexibility index (Phi) is 5.88. The molecule has 0 radical (unpaired) electrons. The van der Waals surface area contributed by atoms with Gasteiger partial charge < -0.3 is 9.47 Å². The van der Waals surface area contributed by atoms with Crippen LogP contribution in [0.3, 0.4) is 0 Å². The molecule has 2 aliphatic rings. The summed E-state index contributed by atoms with van der Waals surface area (Å²) >= 11 is 6.35. The first-order valence-electron chi connectivity index (χ1n) is 10.1. The highest BCUT2D eigenvalue weighted by Gasteiger charge is 2.41. The third-order valence-corrected chi connectivity index (χ3v) is 6.19. The first-order valence-corrected chi connectivity index (χ1v) is 10.5. The summed E-state index contributed by atoms with van der Waals surface area (Å²) in [5.74, 6) is 0.117. The standard InChI is InChI=1S/C23H21ClN2O6/c1-31-20-8-3-5-14(23(20)32-2)15-12-21(28)25(17-6-4-7-19(27)22(15)17)18-11-13(26(29)30)9-10-16(18)24/h3,5,8-11,15H,4,6-7,12H2,1-2H3. The first kappa shape index (κ1) is 21.8. The lowest BCUT2D eigenvalue weighted by atomic mass is 9.76. The molecule has 1 atom stereocenters. The monoisotopic (exact) mass is 456 g/mol. The van der Waals surface area contributed by atoms with Gasteiger partial charge in [0.25, 0.3) is 5.69 Å². The number of non-ortho nitro benzene ring substituents is 1. The Morgan fingerprint density at radius 2 is 1.91 bits per heavy atom. The average molecular weight is 457 g/mol. The van der Waals surface area contributed by atoms with Crippen LogP contribution in [-0.4, -0.2) is 30.8 Å². The number of ether oxygens (including phenoxy) is 2. The number of halogens is 1. The van der Waals surface area contributed by atoms with Crippen LogP contribution >= 0.6 is 11.6 Å². The maximum Gasteiger partial charge on any atom is 0.271 e. The van der Waals surface area contributed by atoms with Crippen LogP contribution in [0.5, 0.6) is 11.5 Å². The molecule has 0 spiro atoms. The minimum atomic E-state index is -0.542. The van der Waals surface area contributed by atoms with E-state index in [0.717, 1.165) is 0 Å². The maximum absolute atomic E-state index is 13.4. The number of amides is 1. The van der Waals surface area contributed by atoms with Gasteiger partial charge in [0, 0.05) is 47.7 Å². The van der Waals surface area contributed by atoms with E-state index in [9.17, 15) is 19.7 Å². The Bertz CT molecular complexity index is 1160. The number of nitro groups is 1. The molecule has 1 aliphatic heterocycles. The number of allylic oxidation sites excluding steroid dienone is 2. The molecule has 1 amide bonds. The molecule has 1 aliphatic carbocycles. The fraction of sp³-hybridized carbons (Fsp3) is 0.304. The number of methoxy groups -OCH3 is 2. The molecule has 4 rings (SSSR count). The molecule has 2 aromatic carbocycles. The predicted molar refractivity (Wildman–Crippen MR) is 118 cm³/mol. The first-order chi connectivity index (χ1) is 15.4. The number of Topliss-reactive ketones (excluding diaryl/α,β-unsaturated/α-hetero) is 1. The summed E-state index contributed by atoms with van der Waals surface area (Å²) in [6, 6.07) is 9.31. The van der Waals surface area contributed by atoms with Crippen LogP contribution in [0.15, 0.2) is 47.7 Å². The highest BCUT2D eigenvalue weighted by atomic mass is 35.5. The highest BCUT2D eigenvalue weighted by Crippen LogP contribution is 2.48. The number of rotatable bonds is 5. The zero-order valence-corrected chi connectivity index (χ0v) is 18.3. The molecular weight excluding hydrogens is 436 g/mol. The molecule has 9 heteroatoms. The fourth-order valence-corrected chi connectivity index (χ4v) is 4.71. The van der Waals surface area contributed by atoms with Crippen LogP contribution < -0.4 is 14.4 Å². The zero-order valence-electron chi connectivity index (χ0n) is 17.6. The molecule has 0 N–H and O–H groups in total. The van der Waals surface area contributed by atoms with Crippen LogP contribution in [0.25, 0.3) is 0 Å². The topological polar surface area (TPSA) is 99.0 Å². The van der Waals surface area contributed by atoms with Gasteiger partial charge in [0.15, 0.2) is 17.3 Å². The van der Waals surface area contributed by atoms with Gasteiger partial charge in [-0.15, -0.1) is 0 Å². The van der Waals surface area contributed by atoms with E-state index in [-0.39, 0.29) is 34.5 Å². The number of hydrogen-bond donors (Lipinski definition) is 0. The Labute approximate surface area is 189 Å². The lowest BCUT2D eigenvalue weighted by Crippen LogP contribution is -2.40. The van der Waals surface area contributed by atoms with Crippen LogP contribution in [-0.2, 0) is 9.59 Å². The van der Waals surface area contributed by atoms with E-state index in [1.165, 1.54) is 37.3 Å². The Hall–Kier alpha value is -3.39. The van der Waals surface area contributed by atoms with Crippen molar-refractivity contribution in [2.24, 2.45) is 0 Å². The molecule has 0 saturated carbocycles. The molecule has 8 nitrogen and oxygen atoms in total. The van der Waals surface area contributed by atoms with E-state index in [4.69, 9.17) is 21.1 Å². The maximum atomic E-state index is 13.4. The van der Waals surface area contributed by atoms with E-state index in [2.05, 4.69) is 0 Å². The molecule has 32 heavy (non-hydrogen) atoms. The SMILES string of the molecule is COc1cccc(C2CC(=O)N(c3cc([N+](=O)[O-])ccc3Cl)C3=C2C(=O)CCC3)c1OC.